The van der Waals surface area contributed by atoms with E-state index in [1.807, 2.05) is 39.8 Å². The van der Waals surface area contributed by atoms with Gasteiger partial charge in [-0.15, -0.1) is 0 Å². The third kappa shape index (κ3) is 3.05. The summed E-state index contributed by atoms with van der Waals surface area (Å²) in [7, 11) is 0. The summed E-state index contributed by atoms with van der Waals surface area (Å²) < 4.78 is 1.64. The van der Waals surface area contributed by atoms with Crippen molar-refractivity contribution in [3.8, 4) is 0 Å². The van der Waals surface area contributed by atoms with Crippen LogP contribution in [0.4, 0.5) is 0 Å². The molecule has 0 aromatic carbocycles. The Bertz CT molecular complexity index is 469. The van der Waals surface area contributed by atoms with Crippen molar-refractivity contribution in [2.75, 3.05) is 0 Å². The number of rotatable bonds is 4. The Hall–Kier alpha value is -1.38. The van der Waals surface area contributed by atoms with E-state index in [1.165, 1.54) is 0 Å². The summed E-state index contributed by atoms with van der Waals surface area (Å²) in [6.45, 7) is 9.72. The summed E-state index contributed by atoms with van der Waals surface area (Å²) in [5, 5.41) is 0. The molecule has 0 N–H and O–H groups in total. The zero-order valence-corrected chi connectivity index (χ0v) is 11.3. The van der Waals surface area contributed by atoms with E-state index in [9.17, 15) is 9.59 Å². The van der Waals surface area contributed by atoms with E-state index in [1.54, 1.807) is 17.7 Å². The molecule has 0 aliphatic rings. The van der Waals surface area contributed by atoms with Crippen LogP contribution in [0.1, 0.15) is 46.1 Å². The largest absolute Gasteiger partial charge is 0.314 e. The van der Waals surface area contributed by atoms with E-state index in [4.69, 9.17) is 0 Å². The van der Waals surface area contributed by atoms with E-state index >= 15 is 0 Å². The first-order valence-corrected chi connectivity index (χ1v) is 5.96. The molecule has 3 nitrogen and oxygen atoms in total. The van der Waals surface area contributed by atoms with Crippen molar-refractivity contribution >= 4 is 5.78 Å². The molecule has 0 radical (unpaired) electrons. The first-order chi connectivity index (χ1) is 7.75. The smallest absolute Gasteiger partial charge is 0.254 e. The average molecular weight is 235 g/mol. The van der Waals surface area contributed by atoms with Gasteiger partial charge in [-0.2, -0.15) is 0 Å². The molecule has 0 atom stereocenters. The molecule has 0 saturated carbocycles. The monoisotopic (exact) mass is 235 g/mol. The minimum atomic E-state index is -0.501. The Labute approximate surface area is 102 Å². The fraction of sp³-hybridized carbons (Fsp3) is 0.571. The van der Waals surface area contributed by atoms with Crippen molar-refractivity contribution in [1.29, 1.82) is 0 Å². The van der Waals surface area contributed by atoms with Gasteiger partial charge in [0.1, 0.15) is 5.78 Å². The highest BCUT2D eigenvalue weighted by Crippen LogP contribution is 2.19. The van der Waals surface area contributed by atoms with Crippen LogP contribution in [0.25, 0.3) is 0 Å². The van der Waals surface area contributed by atoms with Crippen LogP contribution in [0.5, 0.6) is 0 Å². The minimum Gasteiger partial charge on any atom is -0.314 e. The van der Waals surface area contributed by atoms with E-state index in [2.05, 4.69) is 0 Å². The Morgan fingerprint density at radius 3 is 2.47 bits per heavy atom. The first kappa shape index (κ1) is 13.7. The number of hydrogen-bond donors (Lipinski definition) is 0. The van der Waals surface area contributed by atoms with Gasteiger partial charge in [0.05, 0.1) is 0 Å². The molecule has 0 unspecified atom stereocenters. The zero-order chi connectivity index (χ0) is 13.2. The van der Waals surface area contributed by atoms with E-state index in [0.717, 1.165) is 5.56 Å². The standard InChI is InChI=1S/C14H21NO2/c1-10(2)12-7-6-8-15(13(12)17)9-14(4,5)11(3)16/h6-8,10H,9H2,1-5H3. The van der Waals surface area contributed by atoms with Crippen LogP contribution in [0, 0.1) is 5.41 Å². The minimum absolute atomic E-state index is 0.0109. The zero-order valence-electron chi connectivity index (χ0n) is 11.3. The van der Waals surface area contributed by atoms with E-state index < -0.39 is 5.41 Å². The second-order valence-corrected chi connectivity index (χ2v) is 5.49. The first-order valence-electron chi connectivity index (χ1n) is 5.96. The maximum Gasteiger partial charge on any atom is 0.254 e. The third-order valence-electron chi connectivity index (χ3n) is 3.19. The van der Waals surface area contributed by atoms with Crippen LogP contribution in [0.3, 0.4) is 0 Å². The van der Waals surface area contributed by atoms with E-state index in [-0.39, 0.29) is 17.3 Å². The second kappa shape index (κ2) is 4.86. The summed E-state index contributed by atoms with van der Waals surface area (Å²) in [6, 6.07) is 3.72. The molecule has 1 rings (SSSR count). The average Bonchev–Trinajstić information content (AvgIpc) is 2.20. The molecular formula is C14H21NO2. The van der Waals surface area contributed by atoms with Gasteiger partial charge in [0.15, 0.2) is 0 Å². The van der Waals surface area contributed by atoms with Gasteiger partial charge < -0.3 is 4.57 Å². The summed E-state index contributed by atoms with van der Waals surface area (Å²) in [5.41, 5.74) is 0.308. The molecule has 1 aromatic heterocycles. The summed E-state index contributed by atoms with van der Waals surface area (Å²) in [4.78, 5) is 23.6. The third-order valence-corrected chi connectivity index (χ3v) is 3.19. The fourth-order valence-corrected chi connectivity index (χ4v) is 1.66. The molecule has 3 heteroatoms. The van der Waals surface area contributed by atoms with Crippen molar-refractivity contribution in [3.05, 3.63) is 34.2 Å². The molecule has 94 valence electrons. The van der Waals surface area contributed by atoms with Gasteiger partial charge in [0, 0.05) is 23.7 Å². The lowest BCUT2D eigenvalue weighted by molar-refractivity contribution is -0.125. The number of Topliss-reactive ketones (excluding diaryl/α,β-unsaturated/α-hetero) is 1. The van der Waals surface area contributed by atoms with Crippen molar-refractivity contribution in [1.82, 2.24) is 4.57 Å². The molecule has 0 spiro atoms. The molecule has 0 fully saturated rings. The number of pyridine rings is 1. The van der Waals surface area contributed by atoms with Gasteiger partial charge >= 0.3 is 0 Å². The Balaban J connectivity index is 3.13. The highest BCUT2D eigenvalue weighted by molar-refractivity contribution is 5.81. The molecule has 1 aromatic rings. The highest BCUT2D eigenvalue weighted by atomic mass is 16.1. The van der Waals surface area contributed by atoms with Crippen molar-refractivity contribution in [2.24, 2.45) is 5.41 Å². The van der Waals surface area contributed by atoms with Crippen molar-refractivity contribution < 1.29 is 4.79 Å². The lowest BCUT2D eigenvalue weighted by Crippen LogP contribution is -2.34. The maximum absolute atomic E-state index is 12.2. The van der Waals surface area contributed by atoms with Crippen LogP contribution in [0.15, 0.2) is 23.1 Å². The number of nitrogens with zero attached hydrogens (tertiary/aromatic N) is 1. The normalized spacial score (nSPS) is 11.9. The van der Waals surface area contributed by atoms with Gasteiger partial charge in [-0.3, -0.25) is 9.59 Å². The molecule has 17 heavy (non-hydrogen) atoms. The highest BCUT2D eigenvalue weighted by Gasteiger charge is 2.24. The fourth-order valence-electron chi connectivity index (χ4n) is 1.66. The number of carbonyl (C=O) groups excluding carboxylic acids is 1. The SMILES string of the molecule is CC(=O)C(C)(C)Cn1cccc(C(C)C)c1=O. The van der Waals surface area contributed by atoms with Crippen molar-refractivity contribution in [3.63, 3.8) is 0 Å². The molecule has 0 bridgehead atoms. The molecule has 0 saturated heterocycles. The van der Waals surface area contributed by atoms with Gasteiger partial charge in [0.2, 0.25) is 0 Å². The lowest BCUT2D eigenvalue weighted by atomic mass is 9.89. The number of ketones is 1. The Morgan fingerprint density at radius 2 is 2.00 bits per heavy atom. The van der Waals surface area contributed by atoms with Gasteiger partial charge in [-0.1, -0.05) is 33.8 Å². The van der Waals surface area contributed by atoms with Crippen LogP contribution < -0.4 is 5.56 Å². The quantitative estimate of drug-likeness (QED) is 0.804. The topological polar surface area (TPSA) is 39.1 Å². The van der Waals surface area contributed by atoms with Gasteiger partial charge in [0.25, 0.3) is 5.56 Å². The summed E-state index contributed by atoms with van der Waals surface area (Å²) in [5.74, 6) is 0.301. The lowest BCUT2D eigenvalue weighted by Gasteiger charge is -2.22. The number of hydrogen-bond acceptors (Lipinski definition) is 2. The second-order valence-electron chi connectivity index (χ2n) is 5.49. The molecule has 0 aliphatic carbocycles. The molecule has 1 heterocycles. The van der Waals surface area contributed by atoms with Crippen LogP contribution in [0.2, 0.25) is 0 Å². The van der Waals surface area contributed by atoms with E-state index in [0.29, 0.717) is 6.54 Å². The Kier molecular flexibility index (Phi) is 3.91. The van der Waals surface area contributed by atoms with Crippen molar-refractivity contribution in [2.45, 2.75) is 47.1 Å². The predicted octanol–water partition coefficient (Wildman–Crippen LogP) is 2.59. The molecule has 0 aliphatic heterocycles. The summed E-state index contributed by atoms with van der Waals surface area (Å²) >= 11 is 0. The van der Waals surface area contributed by atoms with Crippen LogP contribution in [-0.4, -0.2) is 10.4 Å². The van der Waals surface area contributed by atoms with Gasteiger partial charge in [-0.25, -0.2) is 0 Å². The number of carbonyl (C=O) groups is 1. The Morgan fingerprint density at radius 1 is 1.41 bits per heavy atom. The molecular weight excluding hydrogens is 214 g/mol. The maximum atomic E-state index is 12.2. The van der Waals surface area contributed by atoms with Crippen LogP contribution >= 0.6 is 0 Å². The van der Waals surface area contributed by atoms with Crippen LogP contribution in [-0.2, 0) is 11.3 Å². The predicted molar refractivity (Wildman–Crippen MR) is 69.3 cm³/mol. The summed E-state index contributed by atoms with van der Waals surface area (Å²) in [6.07, 6.45) is 1.75. The number of aromatic nitrogens is 1. The molecule has 0 amide bonds. The van der Waals surface area contributed by atoms with Gasteiger partial charge in [-0.05, 0) is 18.9 Å².